The van der Waals surface area contributed by atoms with Gasteiger partial charge < -0.3 is 4.74 Å². The van der Waals surface area contributed by atoms with Crippen LogP contribution in [0.3, 0.4) is 0 Å². The Kier molecular flexibility index (Phi) is 8.36. The van der Waals surface area contributed by atoms with Crippen LogP contribution in [0.2, 0.25) is 5.02 Å². The number of aryl methyl sites for hydroxylation is 1. The van der Waals surface area contributed by atoms with Gasteiger partial charge in [0.1, 0.15) is 5.75 Å². The van der Waals surface area contributed by atoms with Gasteiger partial charge >= 0.3 is 0 Å². The summed E-state index contributed by atoms with van der Waals surface area (Å²) in [5, 5.41) is 11.4. The normalized spacial score (nSPS) is 12.7. The van der Waals surface area contributed by atoms with Crippen molar-refractivity contribution in [1.29, 1.82) is 0 Å². The third-order valence-electron chi connectivity index (χ3n) is 5.58. The fourth-order valence-electron chi connectivity index (χ4n) is 3.82. The van der Waals surface area contributed by atoms with Crippen LogP contribution >= 0.6 is 23.2 Å². The molecule has 0 fully saturated rings. The number of hydrogen-bond donors (Lipinski definition) is 2. The second-order valence-corrected chi connectivity index (χ2v) is 8.90. The number of hydroxylamine groups is 1. The van der Waals surface area contributed by atoms with Gasteiger partial charge in [0.25, 0.3) is 6.43 Å². The van der Waals surface area contributed by atoms with E-state index < -0.39 is 12.5 Å². The number of nitrogens with zero attached hydrogens (tertiary/aromatic N) is 2. The van der Waals surface area contributed by atoms with E-state index in [4.69, 9.17) is 27.9 Å². The highest BCUT2D eigenvalue weighted by Crippen LogP contribution is 2.32. The second kappa shape index (κ2) is 11.6. The number of para-hydroxylation sites is 1. The van der Waals surface area contributed by atoms with Crippen LogP contribution in [0, 0.1) is 6.92 Å². The van der Waals surface area contributed by atoms with Crippen LogP contribution in [0.25, 0.3) is 10.9 Å². The lowest BCUT2D eigenvalue weighted by Gasteiger charge is -2.18. The largest absolute Gasteiger partial charge is 0.455 e. The minimum atomic E-state index is -2.64. The number of rotatable bonds is 8. The Morgan fingerprint density at radius 1 is 1.11 bits per heavy atom. The van der Waals surface area contributed by atoms with Crippen molar-refractivity contribution in [3.05, 3.63) is 100 Å². The van der Waals surface area contributed by atoms with E-state index in [9.17, 15) is 14.0 Å². The molecule has 36 heavy (non-hydrogen) atoms. The van der Waals surface area contributed by atoms with Crippen LogP contribution in [0.4, 0.5) is 8.78 Å². The molecule has 5 nitrogen and oxygen atoms in total. The summed E-state index contributed by atoms with van der Waals surface area (Å²) >= 11 is 12.7. The molecule has 0 unspecified atom stereocenters. The number of pyridine rings is 1. The van der Waals surface area contributed by atoms with Gasteiger partial charge in [-0.3, -0.25) is 20.7 Å². The Bertz CT molecular complexity index is 1400. The first kappa shape index (κ1) is 25.8. The number of halogens is 4. The molecule has 4 aromatic rings. The second-order valence-electron chi connectivity index (χ2n) is 8.19. The van der Waals surface area contributed by atoms with Gasteiger partial charge in [-0.25, -0.2) is 8.78 Å². The van der Waals surface area contributed by atoms with Crippen molar-refractivity contribution >= 4 is 39.9 Å². The highest BCUT2D eigenvalue weighted by atomic mass is 35.5. The van der Waals surface area contributed by atoms with Gasteiger partial charge in [-0.15, -0.1) is 11.6 Å². The predicted molar refractivity (Wildman–Crippen MR) is 139 cm³/mol. The van der Waals surface area contributed by atoms with Gasteiger partial charge in [0.2, 0.25) is 0 Å². The molecule has 3 aromatic carbocycles. The summed E-state index contributed by atoms with van der Waals surface area (Å²) in [7, 11) is 0. The van der Waals surface area contributed by atoms with E-state index in [2.05, 4.69) is 15.5 Å². The number of amidine groups is 1. The van der Waals surface area contributed by atoms with E-state index in [1.54, 1.807) is 18.2 Å². The van der Waals surface area contributed by atoms with Crippen molar-refractivity contribution in [2.45, 2.75) is 25.8 Å². The number of ether oxygens (including phenoxy) is 1. The minimum absolute atomic E-state index is 0.0995. The number of alkyl halides is 3. The van der Waals surface area contributed by atoms with Crippen LogP contribution < -0.4 is 10.2 Å². The smallest absolute Gasteiger partial charge is 0.263 e. The number of fused-ring (bicyclic) bond motifs is 1. The molecule has 4 rings (SSSR count). The molecule has 0 aliphatic carbocycles. The van der Waals surface area contributed by atoms with Crippen LogP contribution in [0.15, 0.2) is 77.9 Å². The zero-order chi connectivity index (χ0) is 25.7. The van der Waals surface area contributed by atoms with Crippen molar-refractivity contribution in [3.63, 3.8) is 0 Å². The predicted octanol–water partition coefficient (Wildman–Crippen LogP) is 7.50. The Morgan fingerprint density at radius 2 is 1.92 bits per heavy atom. The minimum Gasteiger partial charge on any atom is -0.455 e. The Hall–Kier alpha value is -3.26. The van der Waals surface area contributed by atoms with E-state index in [-0.39, 0.29) is 28.8 Å². The molecule has 1 heterocycles. The van der Waals surface area contributed by atoms with Crippen molar-refractivity contribution in [1.82, 2.24) is 10.5 Å². The molecule has 0 saturated heterocycles. The van der Waals surface area contributed by atoms with Gasteiger partial charge in [0, 0.05) is 21.9 Å². The Balaban J connectivity index is 1.78. The van der Waals surface area contributed by atoms with Crippen LogP contribution in [0.5, 0.6) is 11.5 Å². The molecule has 1 aromatic heterocycles. The molecule has 1 atom stereocenters. The zero-order valence-electron chi connectivity index (χ0n) is 19.3. The first-order chi connectivity index (χ1) is 17.4. The quantitative estimate of drug-likeness (QED) is 0.107. The number of aliphatic imine (C=N–C) groups is 1. The molecule has 9 heteroatoms. The average Bonchev–Trinajstić information content (AvgIpc) is 2.88. The SMILES string of the molecule is Cc1ccc(C[C@H](CCl)N=C(NO)c2c(Oc3cccc(C(F)F)c3)cnc3ccccc23)c(Cl)c1. The summed E-state index contributed by atoms with van der Waals surface area (Å²) in [6, 6.07) is 18.2. The molecular formula is C27H23Cl2F2N3O2. The van der Waals surface area contributed by atoms with Gasteiger partial charge in [-0.05, 0) is 48.7 Å². The zero-order valence-corrected chi connectivity index (χ0v) is 20.8. The molecule has 0 spiro atoms. The monoisotopic (exact) mass is 529 g/mol. The third-order valence-corrected chi connectivity index (χ3v) is 6.28. The lowest BCUT2D eigenvalue weighted by molar-refractivity contribution is 0.151. The lowest BCUT2D eigenvalue weighted by Crippen LogP contribution is -2.25. The molecule has 186 valence electrons. The first-order valence-corrected chi connectivity index (χ1v) is 12.0. The summed E-state index contributed by atoms with van der Waals surface area (Å²) in [5.74, 6) is 0.679. The maximum Gasteiger partial charge on any atom is 0.263 e. The lowest BCUT2D eigenvalue weighted by atomic mass is 10.0. The molecule has 0 aliphatic heterocycles. The van der Waals surface area contributed by atoms with Crippen LogP contribution in [-0.4, -0.2) is 27.9 Å². The van der Waals surface area contributed by atoms with Gasteiger partial charge in [-0.2, -0.15) is 0 Å². The number of aromatic nitrogens is 1. The van der Waals surface area contributed by atoms with Crippen LogP contribution in [0.1, 0.15) is 28.7 Å². The van der Waals surface area contributed by atoms with E-state index in [1.807, 2.05) is 37.3 Å². The van der Waals surface area contributed by atoms with E-state index in [0.29, 0.717) is 27.9 Å². The van der Waals surface area contributed by atoms with Gasteiger partial charge in [0.15, 0.2) is 11.6 Å². The van der Waals surface area contributed by atoms with E-state index in [1.165, 1.54) is 24.4 Å². The number of hydrogen-bond acceptors (Lipinski definition) is 4. The van der Waals surface area contributed by atoms with Crippen molar-refractivity contribution in [3.8, 4) is 11.5 Å². The maximum absolute atomic E-state index is 13.2. The van der Waals surface area contributed by atoms with E-state index >= 15 is 0 Å². The van der Waals surface area contributed by atoms with Gasteiger partial charge in [-0.1, -0.05) is 54.1 Å². The van der Waals surface area contributed by atoms with Crippen molar-refractivity contribution in [2.75, 3.05) is 5.88 Å². The third kappa shape index (κ3) is 5.93. The molecule has 0 aliphatic rings. The van der Waals surface area contributed by atoms with Gasteiger partial charge in [0.05, 0.1) is 23.3 Å². The summed E-state index contributed by atoms with van der Waals surface area (Å²) in [6.07, 6.45) is -0.743. The summed E-state index contributed by atoms with van der Waals surface area (Å²) < 4.78 is 32.4. The number of benzene rings is 3. The van der Waals surface area contributed by atoms with Crippen molar-refractivity contribution in [2.24, 2.45) is 4.99 Å². The summed E-state index contributed by atoms with van der Waals surface area (Å²) in [6.45, 7) is 1.95. The average molecular weight is 530 g/mol. The highest BCUT2D eigenvalue weighted by molar-refractivity contribution is 6.31. The molecular weight excluding hydrogens is 507 g/mol. The summed E-state index contributed by atoms with van der Waals surface area (Å²) in [5.41, 5.74) is 4.95. The first-order valence-electron chi connectivity index (χ1n) is 11.1. The molecule has 2 N–H and O–H groups in total. The van der Waals surface area contributed by atoms with E-state index in [0.717, 1.165) is 11.1 Å². The summed E-state index contributed by atoms with van der Waals surface area (Å²) in [4.78, 5) is 9.10. The molecule has 0 radical (unpaired) electrons. The van der Waals surface area contributed by atoms with Crippen molar-refractivity contribution < 1.29 is 18.7 Å². The molecule has 0 bridgehead atoms. The standard InChI is InChI=1S/C27H23Cl2F2N3O2/c1-16-9-10-17(22(29)11-16)12-19(14-28)33-27(34-35)25-21-7-2-3-8-23(21)32-15-24(25)36-20-6-4-5-18(13-20)26(30)31/h2-11,13,15,19,26,35H,12,14H2,1H3,(H,33,34)/t19-/m1/s1. The fraction of sp³-hybridized carbons (Fsp3) is 0.185. The topological polar surface area (TPSA) is 66.7 Å². The Morgan fingerprint density at radius 3 is 2.64 bits per heavy atom. The molecule has 0 saturated carbocycles. The number of nitrogens with one attached hydrogen (secondary N) is 1. The maximum atomic E-state index is 13.2. The fourth-order valence-corrected chi connectivity index (χ4v) is 4.31. The molecule has 0 amide bonds. The van der Waals surface area contributed by atoms with Crippen LogP contribution in [-0.2, 0) is 6.42 Å². The highest BCUT2D eigenvalue weighted by Gasteiger charge is 2.20. The Labute approximate surface area is 217 Å².